The van der Waals surface area contributed by atoms with Crippen LogP contribution >= 0.6 is 11.6 Å². The van der Waals surface area contributed by atoms with E-state index in [1.165, 1.54) is 0 Å². The summed E-state index contributed by atoms with van der Waals surface area (Å²) in [6.45, 7) is 5.90. The van der Waals surface area contributed by atoms with Crippen LogP contribution in [-0.4, -0.2) is 109 Å². The van der Waals surface area contributed by atoms with Crippen LogP contribution in [0.3, 0.4) is 0 Å². The van der Waals surface area contributed by atoms with Gasteiger partial charge in [0.2, 0.25) is 5.91 Å². The standard InChI is InChI=1S/C41H48ClN3O9/c1-25-18-35(42)37(19-26(25)2)54-17-16-53-32-8-4-27(5-9-32)34-20-28-23-44(38(47)21-30(46)22-39(48)49)24-36(43-28)40(34)41(50)45(29-6-7-29)14-15-52-33-12-10-31(51-3)11-13-33/h4-5,8-13,18-19,28-30,36,43,46H,6-7,14-17,20-24H2,1-3H3,(H,48,49)/t28-,30-,36-/m1/s1. The second-order valence-corrected chi connectivity index (χ2v) is 14.5. The van der Waals surface area contributed by atoms with Crippen LogP contribution in [0.1, 0.15) is 48.8 Å². The Balaban J connectivity index is 1.19. The Morgan fingerprint density at radius 1 is 0.889 bits per heavy atom. The highest BCUT2D eigenvalue weighted by Gasteiger charge is 2.43. The molecule has 288 valence electrons. The third-order valence-electron chi connectivity index (χ3n) is 10.1. The SMILES string of the molecule is COc1ccc(OCCN(C(=O)C2=C(c3ccc(OCCOc4cc(C)c(C)cc4Cl)cc3)C[C@@H]3CN(C(=O)C[C@@H](O)CC(=O)O)C[C@H]2N3)C2CC2)cc1. The Morgan fingerprint density at radius 2 is 1.52 bits per heavy atom. The van der Waals surface area contributed by atoms with Crippen molar-refractivity contribution in [3.8, 4) is 23.0 Å². The van der Waals surface area contributed by atoms with Gasteiger partial charge in [0, 0.05) is 30.7 Å². The highest BCUT2D eigenvalue weighted by atomic mass is 35.5. The molecule has 12 nitrogen and oxygen atoms in total. The third-order valence-corrected chi connectivity index (χ3v) is 10.4. The van der Waals surface area contributed by atoms with Gasteiger partial charge in [0.05, 0.1) is 43.7 Å². The zero-order valence-electron chi connectivity index (χ0n) is 30.9. The number of rotatable bonds is 17. The minimum atomic E-state index is -1.29. The molecule has 2 aliphatic heterocycles. The summed E-state index contributed by atoms with van der Waals surface area (Å²) in [5, 5.41) is 23.4. The van der Waals surface area contributed by atoms with Crippen molar-refractivity contribution >= 4 is 35.0 Å². The van der Waals surface area contributed by atoms with Crippen molar-refractivity contribution in [2.45, 2.75) is 70.2 Å². The fourth-order valence-electron chi connectivity index (χ4n) is 7.03. The molecule has 1 aliphatic carbocycles. The highest BCUT2D eigenvalue weighted by molar-refractivity contribution is 6.32. The molecule has 2 fully saturated rings. The van der Waals surface area contributed by atoms with Crippen molar-refractivity contribution in [3.05, 3.63) is 87.9 Å². The van der Waals surface area contributed by atoms with E-state index >= 15 is 0 Å². The summed E-state index contributed by atoms with van der Waals surface area (Å²) >= 11 is 6.36. The Bertz CT molecular complexity index is 1850. The number of aliphatic hydroxyl groups is 1. The average Bonchev–Trinajstić information content (AvgIpc) is 3.99. The predicted octanol–water partition coefficient (Wildman–Crippen LogP) is 5.05. The number of halogens is 1. The minimum Gasteiger partial charge on any atom is -0.497 e. The van der Waals surface area contributed by atoms with E-state index in [2.05, 4.69) is 5.32 Å². The number of aliphatic carboxylic acids is 1. The number of carboxylic acids is 1. The van der Waals surface area contributed by atoms with Crippen LogP contribution in [0.2, 0.25) is 5.02 Å². The Morgan fingerprint density at radius 3 is 2.19 bits per heavy atom. The lowest BCUT2D eigenvalue weighted by atomic mass is 9.82. The zero-order chi connectivity index (χ0) is 38.4. The maximum absolute atomic E-state index is 14.7. The van der Waals surface area contributed by atoms with Crippen molar-refractivity contribution in [1.82, 2.24) is 15.1 Å². The molecule has 1 saturated heterocycles. The molecule has 0 aromatic heterocycles. The minimum absolute atomic E-state index is 0.0904. The smallest absolute Gasteiger partial charge is 0.305 e. The second-order valence-electron chi connectivity index (χ2n) is 14.1. The molecule has 0 radical (unpaired) electrons. The first-order valence-corrected chi connectivity index (χ1v) is 18.7. The van der Waals surface area contributed by atoms with Gasteiger partial charge >= 0.3 is 5.97 Å². The van der Waals surface area contributed by atoms with Gasteiger partial charge in [0.1, 0.15) is 42.8 Å². The van der Waals surface area contributed by atoms with Gasteiger partial charge in [-0.15, -0.1) is 0 Å². The Hall–Kier alpha value is -4.78. The lowest BCUT2D eigenvalue weighted by Crippen LogP contribution is -2.62. The molecule has 2 heterocycles. The number of amides is 2. The van der Waals surface area contributed by atoms with E-state index < -0.39 is 24.5 Å². The first-order chi connectivity index (χ1) is 26.0. The predicted molar refractivity (Wildman–Crippen MR) is 203 cm³/mol. The lowest BCUT2D eigenvalue weighted by Gasteiger charge is -2.45. The molecule has 1 saturated carbocycles. The van der Waals surface area contributed by atoms with Gasteiger partial charge in [-0.3, -0.25) is 14.4 Å². The Labute approximate surface area is 320 Å². The van der Waals surface area contributed by atoms with Crippen LogP contribution in [0, 0.1) is 13.8 Å². The Kier molecular flexibility index (Phi) is 12.7. The van der Waals surface area contributed by atoms with E-state index in [9.17, 15) is 19.5 Å². The molecule has 3 atom stereocenters. The molecule has 3 aromatic carbocycles. The number of nitrogens with one attached hydrogen (secondary N) is 1. The van der Waals surface area contributed by atoms with Gasteiger partial charge in [0.15, 0.2) is 0 Å². The van der Waals surface area contributed by atoms with E-state index in [0.29, 0.717) is 67.2 Å². The number of benzene rings is 3. The van der Waals surface area contributed by atoms with Crippen LogP contribution in [0.15, 0.2) is 66.2 Å². The van der Waals surface area contributed by atoms with Crippen molar-refractivity contribution in [1.29, 1.82) is 0 Å². The topological polar surface area (TPSA) is 147 Å². The highest BCUT2D eigenvalue weighted by Crippen LogP contribution is 2.37. The number of aryl methyl sites for hydroxylation is 2. The van der Waals surface area contributed by atoms with Gasteiger partial charge < -0.3 is 44.3 Å². The fourth-order valence-corrected chi connectivity index (χ4v) is 7.30. The molecule has 3 N–H and O–H groups in total. The summed E-state index contributed by atoms with van der Waals surface area (Å²) < 4.78 is 23.1. The number of aliphatic hydroxyl groups excluding tert-OH is 1. The van der Waals surface area contributed by atoms with E-state index in [0.717, 1.165) is 40.9 Å². The average molecular weight is 762 g/mol. The van der Waals surface area contributed by atoms with Gasteiger partial charge in [-0.05, 0) is 104 Å². The number of hydrogen-bond acceptors (Lipinski definition) is 9. The molecule has 0 spiro atoms. The van der Waals surface area contributed by atoms with E-state index in [-0.39, 0.29) is 36.9 Å². The summed E-state index contributed by atoms with van der Waals surface area (Å²) in [5.41, 5.74) is 4.59. The number of methoxy groups -OCH3 is 1. The van der Waals surface area contributed by atoms with Gasteiger partial charge in [-0.2, -0.15) is 0 Å². The second kappa shape index (κ2) is 17.6. The van der Waals surface area contributed by atoms with E-state index in [1.807, 2.05) is 79.4 Å². The first-order valence-electron chi connectivity index (χ1n) is 18.4. The number of nitrogens with zero attached hydrogens (tertiary/aromatic N) is 2. The molecule has 3 aliphatic rings. The van der Waals surface area contributed by atoms with E-state index in [1.54, 1.807) is 12.0 Å². The van der Waals surface area contributed by atoms with Gasteiger partial charge in [0.25, 0.3) is 5.91 Å². The fraction of sp³-hybridized carbons (Fsp3) is 0.439. The summed E-state index contributed by atoms with van der Waals surface area (Å²) in [6, 6.07) is 18.3. The third kappa shape index (κ3) is 9.85. The van der Waals surface area contributed by atoms with Crippen LogP contribution in [-0.2, 0) is 14.4 Å². The zero-order valence-corrected chi connectivity index (χ0v) is 31.6. The van der Waals surface area contributed by atoms with Gasteiger partial charge in [-0.25, -0.2) is 0 Å². The summed E-state index contributed by atoms with van der Waals surface area (Å²) in [5.74, 6) is 1.05. The number of carbonyl (C=O) groups excluding carboxylic acids is 2. The molecular weight excluding hydrogens is 714 g/mol. The number of fused-ring (bicyclic) bond motifs is 2. The van der Waals surface area contributed by atoms with Crippen molar-refractivity contribution in [2.24, 2.45) is 0 Å². The number of piperazine rings is 1. The number of hydrogen-bond donors (Lipinski definition) is 3. The number of carbonyl (C=O) groups is 3. The van der Waals surface area contributed by atoms with Gasteiger partial charge in [-0.1, -0.05) is 23.7 Å². The monoisotopic (exact) mass is 761 g/mol. The molecule has 0 unspecified atom stereocenters. The van der Waals surface area contributed by atoms with E-state index in [4.69, 9.17) is 35.7 Å². The van der Waals surface area contributed by atoms with Crippen LogP contribution in [0.4, 0.5) is 0 Å². The molecule has 2 amide bonds. The maximum atomic E-state index is 14.7. The van der Waals surface area contributed by atoms with Crippen LogP contribution in [0.25, 0.3) is 5.57 Å². The normalized spacial score (nSPS) is 18.5. The summed E-state index contributed by atoms with van der Waals surface area (Å²) in [7, 11) is 1.61. The first kappa shape index (κ1) is 38.9. The molecule has 3 aromatic rings. The lowest BCUT2D eigenvalue weighted by molar-refractivity contribution is -0.141. The summed E-state index contributed by atoms with van der Waals surface area (Å²) in [6.07, 6.45) is 0.188. The number of carboxylic acid groups (broad SMARTS) is 1. The summed E-state index contributed by atoms with van der Waals surface area (Å²) in [4.78, 5) is 42.6. The number of ether oxygens (including phenoxy) is 4. The van der Waals surface area contributed by atoms with Crippen molar-refractivity contribution in [3.63, 3.8) is 0 Å². The molecule has 2 bridgehead atoms. The molecule has 54 heavy (non-hydrogen) atoms. The largest absolute Gasteiger partial charge is 0.497 e. The van der Waals surface area contributed by atoms with Crippen LogP contribution in [0.5, 0.6) is 23.0 Å². The van der Waals surface area contributed by atoms with Crippen LogP contribution < -0.4 is 24.3 Å². The van der Waals surface area contributed by atoms with Crippen molar-refractivity contribution < 1.29 is 43.5 Å². The van der Waals surface area contributed by atoms with Crippen molar-refractivity contribution in [2.75, 3.05) is 46.6 Å². The molecule has 6 rings (SSSR count). The molecule has 13 heteroatoms. The molecular formula is C41H48ClN3O9. The quantitative estimate of drug-likeness (QED) is 0.160. The maximum Gasteiger partial charge on any atom is 0.305 e.